The number of hydrogen-bond donors (Lipinski definition) is 3. The second-order valence-corrected chi connectivity index (χ2v) is 8.43. The van der Waals surface area contributed by atoms with Crippen LogP contribution in [0.15, 0.2) is 24.4 Å². The highest BCUT2D eigenvalue weighted by Gasteiger charge is 2.39. The summed E-state index contributed by atoms with van der Waals surface area (Å²) in [4.78, 5) is 3.31. The molecule has 0 radical (unpaired) electrons. The van der Waals surface area contributed by atoms with Crippen molar-refractivity contribution < 1.29 is 5.11 Å². The van der Waals surface area contributed by atoms with Crippen LogP contribution in [-0.4, -0.2) is 22.7 Å². The maximum absolute atomic E-state index is 9.73. The van der Waals surface area contributed by atoms with Gasteiger partial charge in [-0.25, -0.2) is 0 Å². The maximum atomic E-state index is 9.73. The largest absolute Gasteiger partial charge is 0.508 e. The van der Waals surface area contributed by atoms with E-state index in [2.05, 4.69) is 30.3 Å². The van der Waals surface area contributed by atoms with Crippen LogP contribution < -0.4 is 5.32 Å². The number of fused-ring (bicyclic) bond motifs is 3. The van der Waals surface area contributed by atoms with Crippen molar-refractivity contribution >= 4 is 10.9 Å². The lowest BCUT2D eigenvalue weighted by Crippen LogP contribution is -2.49. The molecule has 1 heterocycles. The molecule has 0 amide bonds. The van der Waals surface area contributed by atoms with Crippen molar-refractivity contribution in [3.63, 3.8) is 0 Å². The van der Waals surface area contributed by atoms with E-state index in [1.165, 1.54) is 31.2 Å². The minimum absolute atomic E-state index is 0.347. The number of H-pyrrole nitrogens is 1. The molecule has 2 bridgehead atoms. The van der Waals surface area contributed by atoms with Crippen LogP contribution in [0.4, 0.5) is 0 Å². The number of nitrogens with one attached hydrogen (secondary N) is 2. The van der Waals surface area contributed by atoms with Gasteiger partial charge in [-0.3, -0.25) is 0 Å². The van der Waals surface area contributed by atoms with Gasteiger partial charge in [0.1, 0.15) is 5.75 Å². The van der Waals surface area contributed by atoms with Gasteiger partial charge < -0.3 is 15.4 Å². The van der Waals surface area contributed by atoms with Crippen LogP contribution in [0.5, 0.6) is 5.75 Å². The van der Waals surface area contributed by atoms with Crippen molar-refractivity contribution in [2.24, 2.45) is 23.7 Å². The molecule has 2 aliphatic rings. The van der Waals surface area contributed by atoms with E-state index in [0.29, 0.717) is 11.8 Å². The van der Waals surface area contributed by atoms with Crippen LogP contribution in [-0.2, 0) is 6.42 Å². The number of rotatable bonds is 4. The van der Waals surface area contributed by atoms with Gasteiger partial charge in [0.15, 0.2) is 0 Å². The van der Waals surface area contributed by atoms with Gasteiger partial charge in [-0.15, -0.1) is 0 Å². The Hall–Kier alpha value is -1.48. The fourth-order valence-corrected chi connectivity index (χ4v) is 5.54. The Morgan fingerprint density at radius 2 is 2.04 bits per heavy atom. The van der Waals surface area contributed by atoms with Gasteiger partial charge in [0.25, 0.3) is 0 Å². The molecule has 2 aromatic rings. The number of benzene rings is 1. The third kappa shape index (κ3) is 3.06. The van der Waals surface area contributed by atoms with Gasteiger partial charge in [-0.2, -0.15) is 0 Å². The van der Waals surface area contributed by atoms with Crippen LogP contribution in [0, 0.1) is 23.7 Å². The van der Waals surface area contributed by atoms with E-state index in [9.17, 15) is 5.11 Å². The lowest BCUT2D eigenvalue weighted by Gasteiger charge is -2.46. The van der Waals surface area contributed by atoms with E-state index in [1.54, 1.807) is 6.07 Å². The van der Waals surface area contributed by atoms with Gasteiger partial charge >= 0.3 is 0 Å². The molecule has 0 saturated heterocycles. The Morgan fingerprint density at radius 3 is 2.92 bits per heavy atom. The summed E-state index contributed by atoms with van der Waals surface area (Å²) in [7, 11) is 0. The first kappa shape index (κ1) is 16.0. The number of aromatic nitrogens is 1. The van der Waals surface area contributed by atoms with Crippen molar-refractivity contribution in [3.05, 3.63) is 30.0 Å². The molecule has 1 aromatic carbocycles. The first-order chi connectivity index (χ1) is 11.6. The van der Waals surface area contributed by atoms with Crippen LogP contribution in [0.3, 0.4) is 0 Å². The zero-order chi connectivity index (χ0) is 16.7. The summed E-state index contributed by atoms with van der Waals surface area (Å²) in [5, 5.41) is 14.8. The number of aromatic hydroxyl groups is 1. The quantitative estimate of drug-likeness (QED) is 0.776. The average molecular weight is 326 g/mol. The summed E-state index contributed by atoms with van der Waals surface area (Å²) in [6.45, 7) is 5.90. The van der Waals surface area contributed by atoms with E-state index in [-0.39, 0.29) is 0 Å². The Labute approximate surface area is 144 Å². The standard InChI is InChI=1S/C21H30N2O/c1-13-7-15-9-14(2)21(17(8-13)10-15)22-6-5-16-12-23-20-4-3-18(24)11-19(16)20/h3-4,11-15,17,21-24H,5-10H2,1-2H3. The fraction of sp³-hybridized carbons (Fsp3) is 0.619. The molecule has 3 nitrogen and oxygen atoms in total. The van der Waals surface area contributed by atoms with Crippen LogP contribution in [0.1, 0.15) is 45.1 Å². The third-order valence-electron chi connectivity index (χ3n) is 6.43. The van der Waals surface area contributed by atoms with Crippen molar-refractivity contribution in [3.8, 4) is 5.75 Å². The van der Waals surface area contributed by atoms with Crippen LogP contribution in [0.25, 0.3) is 10.9 Å². The van der Waals surface area contributed by atoms with E-state index in [4.69, 9.17) is 0 Å². The minimum atomic E-state index is 0.347. The lowest BCUT2D eigenvalue weighted by molar-refractivity contribution is 0.0705. The summed E-state index contributed by atoms with van der Waals surface area (Å²) >= 11 is 0. The summed E-state index contributed by atoms with van der Waals surface area (Å²) in [6, 6.07) is 6.25. The SMILES string of the molecule is CC1CC2CC(C)C(NCCc3c[nH]c4ccc(O)cc34)C(C1)C2. The molecule has 24 heavy (non-hydrogen) atoms. The molecule has 5 unspecified atom stereocenters. The van der Waals surface area contributed by atoms with Gasteiger partial charge in [0.05, 0.1) is 0 Å². The Bertz CT molecular complexity index is 703. The summed E-state index contributed by atoms with van der Waals surface area (Å²) in [5.74, 6) is 3.90. The van der Waals surface area contributed by atoms with Crippen molar-refractivity contribution in [1.29, 1.82) is 0 Å². The summed E-state index contributed by atoms with van der Waals surface area (Å²) in [6.07, 6.45) is 8.80. The van der Waals surface area contributed by atoms with E-state index >= 15 is 0 Å². The van der Waals surface area contributed by atoms with Gasteiger partial charge in [0.2, 0.25) is 0 Å². The number of phenolic OH excluding ortho intramolecular Hbond substituents is 1. The second-order valence-electron chi connectivity index (χ2n) is 8.43. The fourth-order valence-electron chi connectivity index (χ4n) is 5.54. The molecular weight excluding hydrogens is 296 g/mol. The molecule has 1 aromatic heterocycles. The lowest BCUT2D eigenvalue weighted by atomic mass is 9.63. The molecule has 0 aliphatic heterocycles. The van der Waals surface area contributed by atoms with E-state index < -0.39 is 0 Å². The number of hydrogen-bond acceptors (Lipinski definition) is 2. The summed E-state index contributed by atoms with van der Waals surface area (Å²) in [5.41, 5.74) is 2.41. The van der Waals surface area contributed by atoms with E-state index in [0.717, 1.165) is 47.5 Å². The molecule has 5 atom stereocenters. The highest BCUT2D eigenvalue weighted by atomic mass is 16.3. The number of phenols is 1. The van der Waals surface area contributed by atoms with Crippen molar-refractivity contribution in [1.82, 2.24) is 10.3 Å². The van der Waals surface area contributed by atoms with Crippen LogP contribution in [0.2, 0.25) is 0 Å². The van der Waals surface area contributed by atoms with Gasteiger partial charge in [-0.05, 0) is 86.1 Å². The third-order valence-corrected chi connectivity index (χ3v) is 6.43. The normalized spacial score (nSPS) is 33.0. The molecular formula is C21H30N2O. The number of aromatic amines is 1. The molecule has 2 fully saturated rings. The Morgan fingerprint density at radius 1 is 1.17 bits per heavy atom. The zero-order valence-electron chi connectivity index (χ0n) is 14.9. The van der Waals surface area contributed by atoms with Crippen molar-refractivity contribution in [2.75, 3.05) is 6.54 Å². The second kappa shape index (κ2) is 6.44. The predicted octanol–water partition coefficient (Wildman–Crippen LogP) is 4.47. The Kier molecular flexibility index (Phi) is 4.29. The smallest absolute Gasteiger partial charge is 0.116 e. The van der Waals surface area contributed by atoms with Gasteiger partial charge in [-0.1, -0.05) is 13.8 Å². The predicted molar refractivity (Wildman–Crippen MR) is 99.2 cm³/mol. The average Bonchev–Trinajstić information content (AvgIpc) is 2.92. The molecule has 130 valence electrons. The molecule has 2 saturated carbocycles. The topological polar surface area (TPSA) is 48.0 Å². The molecule has 4 rings (SSSR count). The van der Waals surface area contributed by atoms with Gasteiger partial charge in [0, 0.05) is 23.1 Å². The zero-order valence-corrected chi connectivity index (χ0v) is 14.9. The minimum Gasteiger partial charge on any atom is -0.508 e. The highest BCUT2D eigenvalue weighted by molar-refractivity contribution is 5.84. The molecule has 3 N–H and O–H groups in total. The van der Waals surface area contributed by atoms with E-state index in [1.807, 2.05) is 12.1 Å². The maximum Gasteiger partial charge on any atom is 0.116 e. The van der Waals surface area contributed by atoms with Crippen molar-refractivity contribution in [2.45, 2.75) is 52.0 Å². The van der Waals surface area contributed by atoms with Crippen LogP contribution >= 0.6 is 0 Å². The first-order valence-corrected chi connectivity index (χ1v) is 9.62. The molecule has 3 heteroatoms. The molecule has 0 spiro atoms. The monoisotopic (exact) mass is 326 g/mol. The molecule has 2 aliphatic carbocycles. The Balaban J connectivity index is 1.40. The highest BCUT2D eigenvalue weighted by Crippen LogP contribution is 2.44. The first-order valence-electron chi connectivity index (χ1n) is 9.62. The summed E-state index contributed by atoms with van der Waals surface area (Å²) < 4.78 is 0.